The average Bonchev–Trinajstić information content (AvgIpc) is 3.21. The molecule has 1 saturated heterocycles. The molecule has 7 N–H and O–H groups in total. The molecule has 0 aromatic carbocycles. The molecule has 5 aliphatic rings. The normalized spacial score (nSPS) is 53.2. The van der Waals surface area contributed by atoms with Crippen LogP contribution in [0.15, 0.2) is 12.2 Å². The van der Waals surface area contributed by atoms with Gasteiger partial charge in [-0.1, -0.05) is 39.8 Å². The Balaban J connectivity index is 1.22. The molecule has 10 heteroatoms. The Morgan fingerprint density at radius 3 is 2.30 bits per heavy atom. The summed E-state index contributed by atoms with van der Waals surface area (Å²) in [5.74, 6) is -0.558. The topological polar surface area (TPSA) is 169 Å². The Morgan fingerprint density at radius 1 is 0.907 bits per heavy atom. The first kappa shape index (κ1) is 33.7. The molecule has 0 amide bonds. The van der Waals surface area contributed by atoms with E-state index in [2.05, 4.69) is 39.8 Å². The summed E-state index contributed by atoms with van der Waals surface area (Å²) in [7, 11) is 1.44. The maximum atomic E-state index is 12.5. The van der Waals surface area contributed by atoms with E-state index in [0.29, 0.717) is 25.9 Å². The third-order valence-corrected chi connectivity index (χ3v) is 12.7. The Hall–Kier alpha value is -0.660. The standard InChI is InChI=1S/C33H56O10/c1-17(15-42-30-27(39)28(41-5)23(37)16-43-30)7-6-8-18(2)19-13-21(35)29-31(19,3)12-10-24-32(4)11-9-20(34)26(38)25(32)22(36)14-33(24,29)40/h6,8,17-30,34-40H,7,9-16H2,1-5H3/b8-6+/t17-,18-,19-,20+,21-,22+,23-,24-,25+,26+,27-,28+,29-,30-,31-,32-,33+/m1/s1. The van der Waals surface area contributed by atoms with Crippen molar-refractivity contribution in [2.45, 2.75) is 127 Å². The summed E-state index contributed by atoms with van der Waals surface area (Å²) in [5, 5.41) is 76.8. The highest BCUT2D eigenvalue weighted by Gasteiger charge is 2.71. The van der Waals surface area contributed by atoms with E-state index in [-0.39, 0.29) is 48.0 Å². The lowest BCUT2D eigenvalue weighted by molar-refractivity contribution is -0.280. The molecule has 5 fully saturated rings. The van der Waals surface area contributed by atoms with Gasteiger partial charge in [-0.2, -0.15) is 0 Å². The molecule has 248 valence electrons. The number of rotatable bonds is 8. The van der Waals surface area contributed by atoms with Gasteiger partial charge in [0.2, 0.25) is 0 Å². The highest BCUT2D eigenvalue weighted by molar-refractivity contribution is 5.21. The van der Waals surface area contributed by atoms with Crippen molar-refractivity contribution in [3.63, 3.8) is 0 Å². The molecule has 0 radical (unpaired) electrons. The molecule has 5 rings (SSSR count). The lowest BCUT2D eigenvalue weighted by Gasteiger charge is -2.66. The Bertz CT molecular complexity index is 995. The molecule has 0 unspecified atom stereocenters. The van der Waals surface area contributed by atoms with Crippen molar-refractivity contribution in [2.24, 2.45) is 46.3 Å². The zero-order valence-corrected chi connectivity index (χ0v) is 26.5. The van der Waals surface area contributed by atoms with Crippen LogP contribution in [0.1, 0.15) is 72.6 Å². The van der Waals surface area contributed by atoms with Crippen molar-refractivity contribution in [2.75, 3.05) is 20.3 Å². The first-order valence-electron chi connectivity index (χ1n) is 16.4. The third-order valence-electron chi connectivity index (χ3n) is 12.7. The molecule has 43 heavy (non-hydrogen) atoms. The second-order valence-electron chi connectivity index (χ2n) is 15.3. The first-order valence-corrected chi connectivity index (χ1v) is 16.4. The first-order chi connectivity index (χ1) is 20.2. The fourth-order valence-electron chi connectivity index (χ4n) is 10.6. The monoisotopic (exact) mass is 612 g/mol. The zero-order chi connectivity index (χ0) is 31.5. The molecule has 10 nitrogen and oxygen atoms in total. The van der Waals surface area contributed by atoms with Gasteiger partial charge in [0.1, 0.15) is 18.3 Å². The lowest BCUT2D eigenvalue weighted by Crippen LogP contribution is -2.70. The zero-order valence-electron chi connectivity index (χ0n) is 26.5. The molecule has 0 spiro atoms. The number of aliphatic hydroxyl groups excluding tert-OH is 6. The molecule has 4 aliphatic carbocycles. The quantitative estimate of drug-likeness (QED) is 0.199. The van der Waals surface area contributed by atoms with Crippen LogP contribution in [0.5, 0.6) is 0 Å². The number of aliphatic hydroxyl groups is 7. The van der Waals surface area contributed by atoms with Crippen LogP contribution in [0.2, 0.25) is 0 Å². The number of methoxy groups -OCH3 is 1. The Labute approximate surface area is 256 Å². The van der Waals surface area contributed by atoms with Crippen LogP contribution in [-0.2, 0) is 14.2 Å². The van der Waals surface area contributed by atoms with Crippen LogP contribution in [0.4, 0.5) is 0 Å². The Kier molecular flexibility index (Phi) is 9.80. The minimum absolute atomic E-state index is 0.0404. The van der Waals surface area contributed by atoms with Crippen LogP contribution < -0.4 is 0 Å². The van der Waals surface area contributed by atoms with Crippen molar-refractivity contribution in [1.29, 1.82) is 0 Å². The van der Waals surface area contributed by atoms with E-state index in [1.54, 1.807) is 0 Å². The van der Waals surface area contributed by atoms with Gasteiger partial charge >= 0.3 is 0 Å². The van der Waals surface area contributed by atoms with Crippen LogP contribution >= 0.6 is 0 Å². The summed E-state index contributed by atoms with van der Waals surface area (Å²) in [6.45, 7) is 8.91. The molecule has 0 aromatic rings. The molecule has 1 aliphatic heterocycles. The number of hydrogen-bond donors (Lipinski definition) is 7. The minimum Gasteiger partial charge on any atom is -0.393 e. The van der Waals surface area contributed by atoms with Gasteiger partial charge in [0, 0.05) is 25.4 Å². The van der Waals surface area contributed by atoms with Crippen LogP contribution in [-0.4, -0.2) is 111 Å². The van der Waals surface area contributed by atoms with Crippen molar-refractivity contribution in [1.82, 2.24) is 0 Å². The molecule has 0 bridgehead atoms. The van der Waals surface area contributed by atoms with Gasteiger partial charge in [0.25, 0.3) is 0 Å². The van der Waals surface area contributed by atoms with Crippen molar-refractivity contribution in [3.05, 3.63) is 12.2 Å². The second kappa shape index (κ2) is 12.5. The van der Waals surface area contributed by atoms with E-state index in [0.717, 1.165) is 19.3 Å². The predicted molar refractivity (Wildman–Crippen MR) is 157 cm³/mol. The van der Waals surface area contributed by atoms with E-state index in [9.17, 15) is 35.7 Å². The van der Waals surface area contributed by atoms with Crippen LogP contribution in [0, 0.1) is 46.3 Å². The van der Waals surface area contributed by atoms with Crippen molar-refractivity contribution >= 4 is 0 Å². The van der Waals surface area contributed by atoms with Gasteiger partial charge in [-0.05, 0) is 73.0 Å². The molecular weight excluding hydrogens is 556 g/mol. The van der Waals surface area contributed by atoms with Crippen molar-refractivity contribution in [3.8, 4) is 0 Å². The van der Waals surface area contributed by atoms with Gasteiger partial charge in [0.05, 0.1) is 43.2 Å². The van der Waals surface area contributed by atoms with Crippen LogP contribution in [0.3, 0.4) is 0 Å². The highest BCUT2D eigenvalue weighted by atomic mass is 16.7. The lowest BCUT2D eigenvalue weighted by atomic mass is 9.41. The van der Waals surface area contributed by atoms with E-state index in [4.69, 9.17) is 14.2 Å². The number of ether oxygens (including phenoxy) is 3. The van der Waals surface area contributed by atoms with E-state index < -0.39 is 66.0 Å². The van der Waals surface area contributed by atoms with Gasteiger partial charge in [-0.25, -0.2) is 0 Å². The van der Waals surface area contributed by atoms with E-state index >= 15 is 0 Å². The van der Waals surface area contributed by atoms with Gasteiger partial charge in [-0.3, -0.25) is 0 Å². The van der Waals surface area contributed by atoms with Crippen molar-refractivity contribution < 1.29 is 50.0 Å². The molecular formula is C33H56O10. The average molecular weight is 613 g/mol. The van der Waals surface area contributed by atoms with E-state index in [1.807, 2.05) is 0 Å². The Morgan fingerprint density at radius 2 is 1.60 bits per heavy atom. The molecule has 1 heterocycles. The summed E-state index contributed by atoms with van der Waals surface area (Å²) in [4.78, 5) is 0. The summed E-state index contributed by atoms with van der Waals surface area (Å²) in [5.41, 5.74) is -2.07. The summed E-state index contributed by atoms with van der Waals surface area (Å²) >= 11 is 0. The smallest absolute Gasteiger partial charge is 0.186 e. The SMILES string of the molecule is CO[C@@H]1[C@@H](O)[C@H](OC[C@H](C)C/C=C/[C@@H](C)[C@H]2C[C@@H](O)[C@@H]3[C@]2(C)CC[C@@H]2[C@@]4(C)CC[C@H](O)[C@H](O)[C@@H]4[C@@H](O)C[C@]23O)OC[C@H]1O. The number of allylic oxidation sites excluding steroid dienone is 2. The number of fused-ring (bicyclic) bond motifs is 5. The van der Waals surface area contributed by atoms with E-state index in [1.165, 1.54) is 7.11 Å². The fourth-order valence-corrected chi connectivity index (χ4v) is 10.6. The predicted octanol–water partition coefficient (Wildman–Crippen LogP) is 1.36. The maximum absolute atomic E-state index is 12.5. The van der Waals surface area contributed by atoms with Crippen LogP contribution in [0.25, 0.3) is 0 Å². The molecule has 17 atom stereocenters. The molecule has 4 saturated carbocycles. The van der Waals surface area contributed by atoms with Gasteiger partial charge in [-0.15, -0.1) is 0 Å². The highest BCUT2D eigenvalue weighted by Crippen LogP contribution is 2.69. The summed E-state index contributed by atoms with van der Waals surface area (Å²) < 4.78 is 16.5. The second-order valence-corrected chi connectivity index (χ2v) is 15.3. The fraction of sp³-hybridized carbons (Fsp3) is 0.939. The minimum atomic E-state index is -1.24. The summed E-state index contributed by atoms with van der Waals surface area (Å²) in [6.07, 6.45) is 1.40. The maximum Gasteiger partial charge on any atom is 0.186 e. The molecule has 0 aromatic heterocycles. The summed E-state index contributed by atoms with van der Waals surface area (Å²) in [6, 6.07) is 0. The van der Waals surface area contributed by atoms with Gasteiger partial charge < -0.3 is 50.0 Å². The third kappa shape index (κ3) is 5.66. The largest absolute Gasteiger partial charge is 0.393 e. The number of hydrogen-bond acceptors (Lipinski definition) is 10. The van der Waals surface area contributed by atoms with Gasteiger partial charge in [0.15, 0.2) is 6.29 Å².